The molecule has 6 heteroatoms. The van der Waals surface area contributed by atoms with Crippen molar-refractivity contribution in [3.63, 3.8) is 0 Å². The molecule has 0 aromatic heterocycles. The number of aliphatic hydroxyl groups excluding tert-OH is 3. The first kappa shape index (κ1) is 15.3. The van der Waals surface area contributed by atoms with Crippen LogP contribution >= 0.6 is 0 Å². The summed E-state index contributed by atoms with van der Waals surface area (Å²) in [6.07, 6.45) is 1.49. The summed E-state index contributed by atoms with van der Waals surface area (Å²) in [5.41, 5.74) is 0. The zero-order valence-corrected chi connectivity index (χ0v) is 9.39. The van der Waals surface area contributed by atoms with Crippen molar-refractivity contribution in [1.29, 1.82) is 0 Å². The Bertz CT molecular complexity index is 173. The fourth-order valence-electron chi connectivity index (χ4n) is 1.04. The van der Waals surface area contributed by atoms with Gasteiger partial charge in [0, 0.05) is 13.2 Å². The Morgan fingerprint density at radius 3 is 2.44 bits per heavy atom. The van der Waals surface area contributed by atoms with Crippen LogP contribution in [0.4, 0.5) is 0 Å². The minimum atomic E-state index is -0.387. The van der Waals surface area contributed by atoms with E-state index < -0.39 is 0 Å². The highest BCUT2D eigenvalue weighted by molar-refractivity contribution is 5.69. The van der Waals surface area contributed by atoms with E-state index in [0.29, 0.717) is 26.0 Å². The van der Waals surface area contributed by atoms with Crippen LogP contribution < -0.4 is 5.32 Å². The lowest BCUT2D eigenvalue weighted by atomic mass is 10.3. The van der Waals surface area contributed by atoms with Crippen LogP contribution in [0.5, 0.6) is 0 Å². The molecule has 0 heterocycles. The fourth-order valence-corrected chi connectivity index (χ4v) is 1.04. The number of hydrogen-bond donors (Lipinski definition) is 4. The normalized spacial score (nSPS) is 10.8. The maximum atomic E-state index is 11.1. The fraction of sp³-hybridized carbons (Fsp3) is 0.900. The topological polar surface area (TPSA) is 99.0 Å². The second kappa shape index (κ2) is 10.8. The number of esters is 1. The zero-order valence-electron chi connectivity index (χ0n) is 9.39. The van der Waals surface area contributed by atoms with Crippen molar-refractivity contribution < 1.29 is 24.9 Å². The highest BCUT2D eigenvalue weighted by Gasteiger charge is 2.06. The molecule has 0 aromatic rings. The van der Waals surface area contributed by atoms with Crippen molar-refractivity contribution in [2.75, 3.05) is 33.0 Å². The Labute approximate surface area is 95.2 Å². The summed E-state index contributed by atoms with van der Waals surface area (Å²) in [5, 5.41) is 28.8. The van der Waals surface area contributed by atoms with Gasteiger partial charge in [-0.2, -0.15) is 0 Å². The average molecular weight is 235 g/mol. The van der Waals surface area contributed by atoms with Crippen molar-refractivity contribution in [3.05, 3.63) is 0 Å². The molecular formula is C10H21NO5. The van der Waals surface area contributed by atoms with Gasteiger partial charge in [-0.3, -0.25) is 4.79 Å². The smallest absolute Gasteiger partial charge is 0.307 e. The monoisotopic (exact) mass is 235 g/mol. The molecule has 0 fully saturated rings. The van der Waals surface area contributed by atoms with Crippen LogP contribution in [-0.2, 0) is 9.53 Å². The van der Waals surface area contributed by atoms with Gasteiger partial charge in [0.2, 0.25) is 0 Å². The summed E-state index contributed by atoms with van der Waals surface area (Å²) in [7, 11) is 0. The van der Waals surface area contributed by atoms with Crippen molar-refractivity contribution in [2.45, 2.75) is 25.3 Å². The number of ether oxygens (including phenoxy) is 1. The molecule has 0 bridgehead atoms. The SMILES string of the molecule is O=C(CCNC(CO)CO)OCCCCO. The highest BCUT2D eigenvalue weighted by atomic mass is 16.5. The molecule has 0 atom stereocenters. The van der Waals surface area contributed by atoms with E-state index in [-0.39, 0.29) is 38.3 Å². The lowest BCUT2D eigenvalue weighted by Crippen LogP contribution is -2.37. The van der Waals surface area contributed by atoms with Crippen molar-refractivity contribution >= 4 is 5.97 Å². The Morgan fingerprint density at radius 2 is 1.88 bits per heavy atom. The number of rotatable bonds is 10. The molecule has 0 unspecified atom stereocenters. The van der Waals surface area contributed by atoms with Gasteiger partial charge in [-0.25, -0.2) is 0 Å². The molecule has 96 valence electrons. The van der Waals surface area contributed by atoms with Gasteiger partial charge in [-0.15, -0.1) is 0 Å². The van der Waals surface area contributed by atoms with Crippen molar-refractivity contribution in [2.24, 2.45) is 0 Å². The van der Waals surface area contributed by atoms with Crippen LogP contribution in [0.25, 0.3) is 0 Å². The molecule has 4 N–H and O–H groups in total. The van der Waals surface area contributed by atoms with Gasteiger partial charge in [0.15, 0.2) is 0 Å². The number of nitrogens with one attached hydrogen (secondary N) is 1. The Kier molecular flexibility index (Phi) is 10.3. The lowest BCUT2D eigenvalue weighted by Gasteiger charge is -2.12. The Balaban J connectivity index is 3.36. The van der Waals surface area contributed by atoms with E-state index in [4.69, 9.17) is 20.1 Å². The second-order valence-electron chi connectivity index (χ2n) is 3.42. The first-order valence-corrected chi connectivity index (χ1v) is 5.46. The first-order chi connectivity index (χ1) is 7.74. The first-order valence-electron chi connectivity index (χ1n) is 5.46. The van der Waals surface area contributed by atoms with Gasteiger partial charge in [-0.05, 0) is 12.8 Å². The summed E-state index contributed by atoms with van der Waals surface area (Å²) in [4.78, 5) is 11.1. The summed E-state index contributed by atoms with van der Waals surface area (Å²) in [6, 6.07) is -0.387. The number of carbonyl (C=O) groups excluding carboxylic acids is 1. The minimum absolute atomic E-state index is 0.105. The van der Waals surface area contributed by atoms with E-state index in [1.807, 2.05) is 0 Å². The predicted octanol–water partition coefficient (Wildman–Crippen LogP) is -1.36. The average Bonchev–Trinajstić information content (AvgIpc) is 2.30. The molecular weight excluding hydrogens is 214 g/mol. The third-order valence-electron chi connectivity index (χ3n) is 2.02. The molecule has 0 rings (SSSR count). The van der Waals surface area contributed by atoms with Crippen LogP contribution in [0.1, 0.15) is 19.3 Å². The molecule has 0 amide bonds. The van der Waals surface area contributed by atoms with Gasteiger partial charge in [0.25, 0.3) is 0 Å². The third kappa shape index (κ3) is 8.60. The van der Waals surface area contributed by atoms with Crippen LogP contribution in [0.2, 0.25) is 0 Å². The molecule has 0 aromatic carbocycles. The molecule has 0 saturated carbocycles. The summed E-state index contributed by atoms with van der Waals surface area (Å²) >= 11 is 0. The Morgan fingerprint density at radius 1 is 1.19 bits per heavy atom. The molecule has 0 spiro atoms. The largest absolute Gasteiger partial charge is 0.466 e. The number of hydrogen-bond acceptors (Lipinski definition) is 6. The van der Waals surface area contributed by atoms with Gasteiger partial charge < -0.3 is 25.4 Å². The van der Waals surface area contributed by atoms with Gasteiger partial charge in [0.1, 0.15) is 0 Å². The number of aliphatic hydroxyl groups is 3. The van der Waals surface area contributed by atoms with Crippen molar-refractivity contribution in [3.8, 4) is 0 Å². The quantitative estimate of drug-likeness (QED) is 0.275. The molecule has 6 nitrogen and oxygen atoms in total. The van der Waals surface area contributed by atoms with E-state index >= 15 is 0 Å². The van der Waals surface area contributed by atoms with E-state index in [1.165, 1.54) is 0 Å². The third-order valence-corrected chi connectivity index (χ3v) is 2.02. The number of carbonyl (C=O) groups is 1. The molecule has 16 heavy (non-hydrogen) atoms. The van der Waals surface area contributed by atoms with Crippen LogP contribution in [0, 0.1) is 0 Å². The lowest BCUT2D eigenvalue weighted by molar-refractivity contribution is -0.143. The number of unbranched alkanes of at least 4 members (excludes halogenated alkanes) is 1. The van der Waals surface area contributed by atoms with Crippen LogP contribution in [0.3, 0.4) is 0 Å². The van der Waals surface area contributed by atoms with E-state index in [9.17, 15) is 4.79 Å². The van der Waals surface area contributed by atoms with Crippen LogP contribution in [0.15, 0.2) is 0 Å². The molecule has 0 aliphatic rings. The van der Waals surface area contributed by atoms with Gasteiger partial charge in [-0.1, -0.05) is 0 Å². The Hall–Kier alpha value is -0.690. The van der Waals surface area contributed by atoms with Crippen LogP contribution in [-0.4, -0.2) is 60.3 Å². The van der Waals surface area contributed by atoms with Gasteiger partial charge in [0.05, 0.1) is 32.3 Å². The van der Waals surface area contributed by atoms with E-state index in [0.717, 1.165) is 0 Å². The molecule has 0 saturated heterocycles. The van der Waals surface area contributed by atoms with E-state index in [1.54, 1.807) is 0 Å². The summed E-state index contributed by atoms with van der Waals surface area (Å²) in [6.45, 7) is 0.464. The summed E-state index contributed by atoms with van der Waals surface area (Å²) < 4.78 is 4.88. The van der Waals surface area contributed by atoms with Gasteiger partial charge >= 0.3 is 5.97 Å². The molecule has 0 aliphatic heterocycles. The van der Waals surface area contributed by atoms with E-state index in [2.05, 4.69) is 5.32 Å². The van der Waals surface area contributed by atoms with Crippen molar-refractivity contribution in [1.82, 2.24) is 5.32 Å². The highest BCUT2D eigenvalue weighted by Crippen LogP contribution is 1.92. The second-order valence-corrected chi connectivity index (χ2v) is 3.42. The molecule has 0 radical (unpaired) electrons. The minimum Gasteiger partial charge on any atom is -0.466 e. The predicted molar refractivity (Wildman–Crippen MR) is 57.9 cm³/mol. The standard InChI is InChI=1S/C10H21NO5/c12-5-1-2-6-16-10(15)3-4-11-9(7-13)8-14/h9,11-14H,1-8H2. The summed E-state index contributed by atoms with van der Waals surface area (Å²) in [5.74, 6) is -0.319. The maximum absolute atomic E-state index is 11.1. The maximum Gasteiger partial charge on any atom is 0.307 e. The molecule has 0 aliphatic carbocycles. The zero-order chi connectivity index (χ0) is 12.2.